The van der Waals surface area contributed by atoms with Crippen molar-refractivity contribution in [1.82, 2.24) is 14.8 Å². The number of nitrogens with two attached hydrogens (primary N) is 1. The molecule has 0 saturated heterocycles. The van der Waals surface area contributed by atoms with Crippen LogP contribution >= 0.6 is 11.3 Å². The summed E-state index contributed by atoms with van der Waals surface area (Å²) in [5, 5.41) is 5.12. The van der Waals surface area contributed by atoms with Gasteiger partial charge in [0.2, 0.25) is 0 Å². The SMILES string of the molecule is CCc1nc(-c2cc(C)sc2N)n(C)n1. The average molecular weight is 222 g/mol. The molecule has 0 aromatic carbocycles. The van der Waals surface area contributed by atoms with Crippen molar-refractivity contribution in [1.29, 1.82) is 0 Å². The molecule has 5 heteroatoms. The summed E-state index contributed by atoms with van der Waals surface area (Å²) in [6, 6.07) is 2.06. The Morgan fingerprint density at radius 3 is 2.73 bits per heavy atom. The molecule has 15 heavy (non-hydrogen) atoms. The standard InChI is InChI=1S/C10H14N4S/c1-4-8-12-10(14(3)13-8)7-5-6(2)15-9(7)11/h5H,4,11H2,1-3H3. The Morgan fingerprint density at radius 1 is 1.53 bits per heavy atom. The fourth-order valence-electron chi connectivity index (χ4n) is 1.53. The molecule has 0 unspecified atom stereocenters. The molecule has 0 saturated carbocycles. The van der Waals surface area contributed by atoms with Crippen LogP contribution in [0.25, 0.3) is 11.4 Å². The van der Waals surface area contributed by atoms with Gasteiger partial charge in [0.1, 0.15) is 0 Å². The third-order valence-corrected chi connectivity index (χ3v) is 3.13. The Bertz CT molecular complexity index is 484. The minimum Gasteiger partial charge on any atom is -0.390 e. The van der Waals surface area contributed by atoms with Crippen LogP contribution < -0.4 is 5.73 Å². The van der Waals surface area contributed by atoms with Gasteiger partial charge in [0, 0.05) is 18.3 Å². The fraction of sp³-hybridized carbons (Fsp3) is 0.400. The lowest BCUT2D eigenvalue weighted by atomic mass is 10.3. The summed E-state index contributed by atoms with van der Waals surface area (Å²) in [7, 11) is 1.90. The quantitative estimate of drug-likeness (QED) is 0.845. The van der Waals surface area contributed by atoms with Crippen molar-refractivity contribution in [3.63, 3.8) is 0 Å². The minimum atomic E-state index is 0.811. The van der Waals surface area contributed by atoms with Gasteiger partial charge >= 0.3 is 0 Å². The van der Waals surface area contributed by atoms with Gasteiger partial charge in [-0.2, -0.15) is 5.10 Å². The van der Waals surface area contributed by atoms with Crippen LogP contribution in [0.1, 0.15) is 17.6 Å². The van der Waals surface area contributed by atoms with Crippen LogP contribution in [0.4, 0.5) is 5.00 Å². The molecule has 0 aliphatic heterocycles. The summed E-state index contributed by atoms with van der Waals surface area (Å²) in [6.45, 7) is 4.09. The monoisotopic (exact) mass is 222 g/mol. The number of rotatable bonds is 2. The normalized spacial score (nSPS) is 10.9. The zero-order valence-electron chi connectivity index (χ0n) is 9.11. The van der Waals surface area contributed by atoms with Gasteiger partial charge in [-0.15, -0.1) is 11.3 Å². The number of anilines is 1. The molecule has 2 aromatic rings. The maximum Gasteiger partial charge on any atom is 0.161 e. The highest BCUT2D eigenvalue weighted by Crippen LogP contribution is 2.32. The predicted octanol–water partition coefficient (Wildman–Crippen LogP) is 2.00. The maximum atomic E-state index is 5.93. The molecule has 2 aromatic heterocycles. The van der Waals surface area contributed by atoms with Gasteiger partial charge in [0.05, 0.1) is 10.6 Å². The zero-order chi connectivity index (χ0) is 11.0. The lowest BCUT2D eigenvalue weighted by molar-refractivity contribution is 0.753. The molecule has 2 heterocycles. The Labute approximate surface area is 92.8 Å². The first kappa shape index (κ1) is 10.2. The molecule has 0 bridgehead atoms. The number of nitrogen functional groups attached to an aromatic ring is 1. The third-order valence-electron chi connectivity index (χ3n) is 2.25. The van der Waals surface area contributed by atoms with Crippen LogP contribution in [0.15, 0.2) is 6.07 Å². The maximum absolute atomic E-state index is 5.93. The van der Waals surface area contributed by atoms with Crippen LogP contribution in [0.2, 0.25) is 0 Å². The predicted molar refractivity (Wildman–Crippen MR) is 62.8 cm³/mol. The molecule has 4 nitrogen and oxygen atoms in total. The van der Waals surface area contributed by atoms with Crippen LogP contribution in [-0.2, 0) is 13.5 Å². The molecule has 80 valence electrons. The number of aryl methyl sites for hydroxylation is 3. The molecule has 0 fully saturated rings. The highest BCUT2D eigenvalue weighted by Gasteiger charge is 2.13. The highest BCUT2D eigenvalue weighted by atomic mass is 32.1. The third kappa shape index (κ3) is 1.74. The van der Waals surface area contributed by atoms with Crippen molar-refractivity contribution in [2.45, 2.75) is 20.3 Å². The molecule has 0 atom stereocenters. The second kappa shape index (κ2) is 3.66. The second-order valence-electron chi connectivity index (χ2n) is 3.46. The smallest absolute Gasteiger partial charge is 0.161 e. The van der Waals surface area contributed by atoms with E-state index in [0.29, 0.717) is 0 Å². The van der Waals surface area contributed by atoms with E-state index in [9.17, 15) is 0 Å². The number of thiophene rings is 1. The van der Waals surface area contributed by atoms with Crippen LogP contribution in [-0.4, -0.2) is 14.8 Å². The van der Waals surface area contributed by atoms with E-state index in [0.717, 1.165) is 28.6 Å². The summed E-state index contributed by atoms with van der Waals surface area (Å²) in [5.74, 6) is 1.71. The summed E-state index contributed by atoms with van der Waals surface area (Å²) in [5.41, 5.74) is 6.92. The summed E-state index contributed by atoms with van der Waals surface area (Å²) < 4.78 is 1.79. The Kier molecular flexibility index (Phi) is 2.48. The highest BCUT2D eigenvalue weighted by molar-refractivity contribution is 7.16. The second-order valence-corrected chi connectivity index (χ2v) is 4.75. The zero-order valence-corrected chi connectivity index (χ0v) is 9.93. The largest absolute Gasteiger partial charge is 0.390 e. The van der Waals surface area contributed by atoms with Crippen LogP contribution in [0, 0.1) is 6.92 Å². The molecule has 0 spiro atoms. The van der Waals surface area contributed by atoms with Gasteiger partial charge in [-0.3, -0.25) is 0 Å². The number of hydrogen-bond donors (Lipinski definition) is 1. The fourth-order valence-corrected chi connectivity index (χ4v) is 2.31. The molecule has 0 amide bonds. The van der Waals surface area contributed by atoms with Crippen molar-refractivity contribution < 1.29 is 0 Å². The van der Waals surface area contributed by atoms with Gasteiger partial charge in [-0.05, 0) is 13.0 Å². The van der Waals surface area contributed by atoms with Gasteiger partial charge in [-0.1, -0.05) is 6.92 Å². The molecule has 0 radical (unpaired) electrons. The number of nitrogens with zero attached hydrogens (tertiary/aromatic N) is 3. The number of hydrogen-bond acceptors (Lipinski definition) is 4. The van der Waals surface area contributed by atoms with E-state index in [-0.39, 0.29) is 0 Å². The van der Waals surface area contributed by atoms with E-state index in [1.807, 2.05) is 20.9 Å². The van der Waals surface area contributed by atoms with Crippen molar-refractivity contribution in [3.8, 4) is 11.4 Å². The van der Waals surface area contributed by atoms with Crippen molar-refractivity contribution in [2.24, 2.45) is 7.05 Å². The van der Waals surface area contributed by atoms with Gasteiger partial charge in [0.15, 0.2) is 11.6 Å². The van der Waals surface area contributed by atoms with Crippen molar-refractivity contribution in [2.75, 3.05) is 5.73 Å². The first-order chi connectivity index (χ1) is 7.11. The lowest BCUT2D eigenvalue weighted by Gasteiger charge is -1.96. The van der Waals surface area contributed by atoms with Gasteiger partial charge in [0.25, 0.3) is 0 Å². The van der Waals surface area contributed by atoms with E-state index in [1.54, 1.807) is 16.0 Å². The van der Waals surface area contributed by atoms with E-state index < -0.39 is 0 Å². The van der Waals surface area contributed by atoms with E-state index in [1.165, 1.54) is 4.88 Å². The van der Waals surface area contributed by atoms with Crippen molar-refractivity contribution in [3.05, 3.63) is 16.8 Å². The van der Waals surface area contributed by atoms with Gasteiger partial charge in [-0.25, -0.2) is 9.67 Å². The van der Waals surface area contributed by atoms with E-state index in [4.69, 9.17) is 5.73 Å². The topological polar surface area (TPSA) is 56.7 Å². The Balaban J connectivity index is 2.53. The average Bonchev–Trinajstić information content (AvgIpc) is 2.69. The lowest BCUT2D eigenvalue weighted by Crippen LogP contribution is -1.95. The molecule has 0 aliphatic rings. The van der Waals surface area contributed by atoms with Crippen LogP contribution in [0.5, 0.6) is 0 Å². The summed E-state index contributed by atoms with van der Waals surface area (Å²) >= 11 is 1.59. The van der Waals surface area contributed by atoms with E-state index >= 15 is 0 Å². The van der Waals surface area contributed by atoms with Gasteiger partial charge < -0.3 is 5.73 Å². The van der Waals surface area contributed by atoms with E-state index in [2.05, 4.69) is 16.1 Å². The molecular formula is C10H14N4S. The Hall–Kier alpha value is -1.36. The molecule has 2 rings (SSSR count). The molecule has 0 aliphatic carbocycles. The molecular weight excluding hydrogens is 208 g/mol. The van der Waals surface area contributed by atoms with Crippen LogP contribution in [0.3, 0.4) is 0 Å². The first-order valence-corrected chi connectivity index (χ1v) is 5.69. The summed E-state index contributed by atoms with van der Waals surface area (Å²) in [6.07, 6.45) is 0.844. The first-order valence-electron chi connectivity index (χ1n) is 4.88. The Morgan fingerprint density at radius 2 is 2.27 bits per heavy atom. The summed E-state index contributed by atoms with van der Waals surface area (Å²) in [4.78, 5) is 5.65. The van der Waals surface area contributed by atoms with Crippen molar-refractivity contribution >= 4 is 16.3 Å². The minimum absolute atomic E-state index is 0.811. The molecule has 2 N–H and O–H groups in total. The number of aromatic nitrogens is 3.